The van der Waals surface area contributed by atoms with Crippen LogP contribution in [0.2, 0.25) is 0 Å². The van der Waals surface area contributed by atoms with Gasteiger partial charge in [0.25, 0.3) is 0 Å². The van der Waals surface area contributed by atoms with E-state index in [4.69, 9.17) is 5.73 Å². The van der Waals surface area contributed by atoms with Crippen LogP contribution >= 0.6 is 0 Å². The molecule has 1 rings (SSSR count). The monoisotopic (exact) mass is 241 g/mol. The highest BCUT2D eigenvalue weighted by Gasteiger charge is 2.28. The molecule has 0 aliphatic carbocycles. The van der Waals surface area contributed by atoms with Gasteiger partial charge >= 0.3 is 0 Å². The number of hydrogen-bond donors (Lipinski definition) is 3. The van der Waals surface area contributed by atoms with Crippen molar-refractivity contribution in [1.29, 1.82) is 0 Å². The summed E-state index contributed by atoms with van der Waals surface area (Å²) in [4.78, 5) is 11.9. The van der Waals surface area contributed by atoms with Crippen molar-refractivity contribution in [3.8, 4) is 0 Å². The second kappa shape index (κ2) is 6.36. The third kappa shape index (κ3) is 4.28. The summed E-state index contributed by atoms with van der Waals surface area (Å²) in [6.07, 6.45) is 2.80. The molecule has 4 heteroatoms. The van der Waals surface area contributed by atoms with Gasteiger partial charge in [0.05, 0.1) is 5.54 Å². The molecule has 17 heavy (non-hydrogen) atoms. The molecule has 2 atom stereocenters. The molecule has 0 aromatic heterocycles. The van der Waals surface area contributed by atoms with E-state index in [1.165, 1.54) is 6.42 Å². The van der Waals surface area contributed by atoms with Gasteiger partial charge < -0.3 is 16.4 Å². The first kappa shape index (κ1) is 14.5. The van der Waals surface area contributed by atoms with Gasteiger partial charge in [0.15, 0.2) is 0 Å². The zero-order chi connectivity index (χ0) is 12.9. The van der Waals surface area contributed by atoms with Crippen LogP contribution in [0.1, 0.15) is 40.0 Å². The maximum atomic E-state index is 11.9. The molecule has 0 radical (unpaired) electrons. The smallest absolute Gasteiger partial charge is 0.220 e. The van der Waals surface area contributed by atoms with Crippen molar-refractivity contribution in [1.82, 2.24) is 10.6 Å². The van der Waals surface area contributed by atoms with Crippen LogP contribution in [0.25, 0.3) is 0 Å². The molecule has 1 amide bonds. The molecule has 100 valence electrons. The largest absolute Gasteiger partial charge is 0.349 e. The SMILES string of the molecule is CC(C)C(C)(CN)NC(=O)CCC1CCNC1. The lowest BCUT2D eigenvalue weighted by Crippen LogP contribution is -2.55. The van der Waals surface area contributed by atoms with E-state index in [2.05, 4.69) is 24.5 Å². The van der Waals surface area contributed by atoms with Crippen LogP contribution in [0.4, 0.5) is 0 Å². The first-order valence-electron chi connectivity index (χ1n) is 6.69. The van der Waals surface area contributed by atoms with Gasteiger partial charge in [0.1, 0.15) is 0 Å². The fourth-order valence-electron chi connectivity index (χ4n) is 2.11. The summed E-state index contributed by atoms with van der Waals surface area (Å²) in [6.45, 7) is 8.85. The minimum Gasteiger partial charge on any atom is -0.349 e. The van der Waals surface area contributed by atoms with E-state index >= 15 is 0 Å². The average Bonchev–Trinajstić information content (AvgIpc) is 2.78. The molecule has 0 aromatic carbocycles. The Morgan fingerprint density at radius 3 is 2.76 bits per heavy atom. The number of carbonyl (C=O) groups excluding carboxylic acids is 1. The lowest BCUT2D eigenvalue weighted by molar-refractivity contribution is -0.123. The molecule has 4 nitrogen and oxygen atoms in total. The van der Waals surface area contributed by atoms with Crippen LogP contribution in [-0.2, 0) is 4.79 Å². The number of nitrogens with one attached hydrogen (secondary N) is 2. The highest BCUT2D eigenvalue weighted by atomic mass is 16.1. The molecule has 0 bridgehead atoms. The first-order chi connectivity index (χ1) is 7.98. The van der Waals surface area contributed by atoms with E-state index in [1.807, 2.05) is 6.92 Å². The van der Waals surface area contributed by atoms with Crippen molar-refractivity contribution in [2.45, 2.75) is 45.6 Å². The number of hydrogen-bond acceptors (Lipinski definition) is 3. The second-order valence-corrected chi connectivity index (χ2v) is 5.72. The topological polar surface area (TPSA) is 67.1 Å². The molecular formula is C13H27N3O. The number of rotatable bonds is 6. The molecule has 0 saturated carbocycles. The van der Waals surface area contributed by atoms with Crippen LogP contribution in [0.5, 0.6) is 0 Å². The molecule has 1 fully saturated rings. The van der Waals surface area contributed by atoms with Crippen molar-refractivity contribution in [3.05, 3.63) is 0 Å². The van der Waals surface area contributed by atoms with Gasteiger partial charge in [0.2, 0.25) is 5.91 Å². The zero-order valence-electron chi connectivity index (χ0n) is 11.4. The van der Waals surface area contributed by atoms with E-state index in [-0.39, 0.29) is 11.4 Å². The summed E-state index contributed by atoms with van der Waals surface area (Å²) in [6, 6.07) is 0. The summed E-state index contributed by atoms with van der Waals surface area (Å²) < 4.78 is 0. The van der Waals surface area contributed by atoms with Crippen molar-refractivity contribution in [3.63, 3.8) is 0 Å². The highest BCUT2D eigenvalue weighted by molar-refractivity contribution is 5.76. The Kier molecular flexibility index (Phi) is 5.40. The Hall–Kier alpha value is -0.610. The van der Waals surface area contributed by atoms with Crippen molar-refractivity contribution < 1.29 is 4.79 Å². The van der Waals surface area contributed by atoms with Crippen LogP contribution in [0.15, 0.2) is 0 Å². The Balaban J connectivity index is 2.32. The molecular weight excluding hydrogens is 214 g/mol. The van der Waals surface area contributed by atoms with Crippen molar-refractivity contribution in [2.24, 2.45) is 17.6 Å². The lowest BCUT2D eigenvalue weighted by atomic mass is 9.88. The zero-order valence-corrected chi connectivity index (χ0v) is 11.4. The van der Waals surface area contributed by atoms with Gasteiger partial charge in [-0.2, -0.15) is 0 Å². The fourth-order valence-corrected chi connectivity index (χ4v) is 2.11. The average molecular weight is 241 g/mol. The summed E-state index contributed by atoms with van der Waals surface area (Å²) in [5.74, 6) is 1.16. The van der Waals surface area contributed by atoms with E-state index in [0.717, 1.165) is 19.5 Å². The number of carbonyl (C=O) groups is 1. The molecule has 0 spiro atoms. The van der Waals surface area contributed by atoms with E-state index < -0.39 is 0 Å². The molecule has 1 aliphatic rings. The standard InChI is InChI=1S/C13H27N3O/c1-10(2)13(3,9-14)16-12(17)5-4-11-6-7-15-8-11/h10-11,15H,4-9,14H2,1-3H3,(H,16,17). The predicted molar refractivity (Wildman–Crippen MR) is 70.7 cm³/mol. The van der Waals surface area contributed by atoms with E-state index in [0.29, 0.717) is 24.8 Å². The molecule has 2 unspecified atom stereocenters. The summed E-state index contributed by atoms with van der Waals surface area (Å²) in [5.41, 5.74) is 5.48. The van der Waals surface area contributed by atoms with Gasteiger partial charge in [-0.25, -0.2) is 0 Å². The minimum atomic E-state index is -0.273. The van der Waals surface area contributed by atoms with E-state index in [9.17, 15) is 4.79 Å². The summed E-state index contributed by atoms with van der Waals surface area (Å²) >= 11 is 0. The minimum absolute atomic E-state index is 0.138. The summed E-state index contributed by atoms with van der Waals surface area (Å²) in [7, 11) is 0. The van der Waals surface area contributed by atoms with Crippen molar-refractivity contribution in [2.75, 3.05) is 19.6 Å². The fraction of sp³-hybridized carbons (Fsp3) is 0.923. The molecule has 1 aliphatic heterocycles. The predicted octanol–water partition coefficient (Wildman–Crippen LogP) is 0.866. The molecule has 1 heterocycles. The number of nitrogens with two attached hydrogens (primary N) is 1. The normalized spacial score (nSPS) is 23.7. The maximum Gasteiger partial charge on any atom is 0.220 e. The maximum absolute atomic E-state index is 11.9. The Morgan fingerprint density at radius 1 is 1.59 bits per heavy atom. The van der Waals surface area contributed by atoms with Gasteiger partial charge in [-0.1, -0.05) is 13.8 Å². The van der Waals surface area contributed by atoms with Crippen LogP contribution in [0, 0.1) is 11.8 Å². The highest BCUT2D eigenvalue weighted by Crippen LogP contribution is 2.17. The first-order valence-corrected chi connectivity index (χ1v) is 6.69. The molecule has 4 N–H and O–H groups in total. The van der Waals surface area contributed by atoms with E-state index in [1.54, 1.807) is 0 Å². The molecule has 1 saturated heterocycles. The van der Waals surface area contributed by atoms with Crippen LogP contribution < -0.4 is 16.4 Å². The second-order valence-electron chi connectivity index (χ2n) is 5.72. The molecule has 0 aromatic rings. The Bertz CT molecular complexity index is 249. The van der Waals surface area contributed by atoms with Gasteiger partial charge in [-0.05, 0) is 44.7 Å². The Labute approximate surface area is 105 Å². The van der Waals surface area contributed by atoms with Gasteiger partial charge in [0, 0.05) is 13.0 Å². The van der Waals surface area contributed by atoms with Gasteiger partial charge in [-0.15, -0.1) is 0 Å². The quantitative estimate of drug-likeness (QED) is 0.646. The summed E-state index contributed by atoms with van der Waals surface area (Å²) in [5, 5.41) is 6.40. The third-order valence-electron chi connectivity index (χ3n) is 4.07. The third-order valence-corrected chi connectivity index (χ3v) is 4.07. The van der Waals surface area contributed by atoms with Crippen LogP contribution in [0.3, 0.4) is 0 Å². The van der Waals surface area contributed by atoms with Crippen LogP contribution in [-0.4, -0.2) is 31.1 Å². The number of amides is 1. The van der Waals surface area contributed by atoms with Gasteiger partial charge in [-0.3, -0.25) is 4.79 Å². The lowest BCUT2D eigenvalue weighted by Gasteiger charge is -2.33. The Morgan fingerprint density at radius 2 is 2.29 bits per heavy atom. The van der Waals surface area contributed by atoms with Crippen molar-refractivity contribution >= 4 is 5.91 Å².